The third-order valence-corrected chi connectivity index (χ3v) is 4.35. The molecule has 1 aliphatic carbocycles. The lowest BCUT2D eigenvalue weighted by atomic mass is 9.93. The Hall–Kier alpha value is -1.59. The van der Waals surface area contributed by atoms with Gasteiger partial charge in [0.15, 0.2) is 0 Å². The molecule has 1 saturated carbocycles. The van der Waals surface area contributed by atoms with Gasteiger partial charge in [-0.15, -0.1) is 0 Å². The van der Waals surface area contributed by atoms with Gasteiger partial charge in [-0.05, 0) is 49.3 Å². The number of rotatable bonds is 8. The summed E-state index contributed by atoms with van der Waals surface area (Å²) in [4.78, 5) is 11.9. The lowest BCUT2D eigenvalue weighted by Gasteiger charge is -2.27. The van der Waals surface area contributed by atoms with Crippen LogP contribution in [0.4, 0.5) is 10.5 Å². The summed E-state index contributed by atoms with van der Waals surface area (Å²) < 4.78 is 5.66. The molecule has 0 radical (unpaired) electrons. The van der Waals surface area contributed by atoms with Gasteiger partial charge < -0.3 is 20.5 Å². The second-order valence-electron chi connectivity index (χ2n) is 6.98. The Morgan fingerprint density at radius 2 is 2.17 bits per heavy atom. The van der Waals surface area contributed by atoms with Crippen molar-refractivity contribution < 1.29 is 14.6 Å². The lowest BCUT2D eigenvalue weighted by Crippen LogP contribution is -2.45. The third-order valence-electron chi connectivity index (χ3n) is 4.35. The molecule has 0 bridgehead atoms. The molecule has 1 unspecified atom stereocenters. The standard InChI is InChI=1S/C18H28N2O3/c1-13(2)18(3,22)12-19-17(21)20-16-6-4-5-15(9-16)11-23-10-14-7-8-14/h4-6,9,13-14,22H,7-8,10-12H2,1-3H3,(H2,19,20,21). The maximum absolute atomic E-state index is 11.9. The first-order valence-electron chi connectivity index (χ1n) is 8.31. The predicted octanol–water partition coefficient (Wildman–Crippen LogP) is 3.14. The zero-order chi connectivity index (χ0) is 16.9. The minimum atomic E-state index is -0.921. The van der Waals surface area contributed by atoms with Crippen molar-refractivity contribution in [2.75, 3.05) is 18.5 Å². The smallest absolute Gasteiger partial charge is 0.319 e. The summed E-state index contributed by atoms with van der Waals surface area (Å²) in [6.07, 6.45) is 2.56. The normalized spacial score (nSPS) is 16.9. The Labute approximate surface area is 138 Å². The Morgan fingerprint density at radius 1 is 1.43 bits per heavy atom. The van der Waals surface area contributed by atoms with Gasteiger partial charge in [-0.2, -0.15) is 0 Å². The van der Waals surface area contributed by atoms with Crippen molar-refractivity contribution in [1.29, 1.82) is 0 Å². The van der Waals surface area contributed by atoms with Crippen LogP contribution in [-0.2, 0) is 11.3 Å². The van der Waals surface area contributed by atoms with Gasteiger partial charge in [-0.3, -0.25) is 0 Å². The molecule has 128 valence electrons. The van der Waals surface area contributed by atoms with Gasteiger partial charge in [0.25, 0.3) is 0 Å². The molecule has 2 rings (SSSR count). The zero-order valence-corrected chi connectivity index (χ0v) is 14.3. The number of aliphatic hydroxyl groups is 1. The molecule has 0 aliphatic heterocycles. The van der Waals surface area contributed by atoms with Crippen molar-refractivity contribution >= 4 is 11.7 Å². The van der Waals surface area contributed by atoms with Crippen molar-refractivity contribution in [3.8, 4) is 0 Å². The summed E-state index contributed by atoms with van der Waals surface area (Å²) >= 11 is 0. The Morgan fingerprint density at radius 3 is 2.83 bits per heavy atom. The fourth-order valence-corrected chi connectivity index (χ4v) is 2.01. The summed E-state index contributed by atoms with van der Waals surface area (Å²) in [6.45, 7) is 7.16. The molecular weight excluding hydrogens is 292 g/mol. The number of nitrogens with one attached hydrogen (secondary N) is 2. The van der Waals surface area contributed by atoms with Crippen LogP contribution in [0.1, 0.15) is 39.2 Å². The Kier molecular flexibility index (Phi) is 6.02. The second-order valence-corrected chi connectivity index (χ2v) is 6.98. The van der Waals surface area contributed by atoms with E-state index in [0.29, 0.717) is 6.61 Å². The number of hydrogen-bond acceptors (Lipinski definition) is 3. The highest BCUT2D eigenvalue weighted by Gasteiger charge is 2.25. The topological polar surface area (TPSA) is 70.6 Å². The van der Waals surface area contributed by atoms with E-state index in [1.54, 1.807) is 6.92 Å². The van der Waals surface area contributed by atoms with E-state index in [0.717, 1.165) is 23.8 Å². The molecule has 5 nitrogen and oxygen atoms in total. The van der Waals surface area contributed by atoms with Gasteiger partial charge in [-0.1, -0.05) is 26.0 Å². The number of ether oxygens (including phenoxy) is 1. The third kappa shape index (κ3) is 6.20. The first kappa shape index (κ1) is 17.8. The van der Waals surface area contributed by atoms with Crippen molar-refractivity contribution in [3.63, 3.8) is 0 Å². The number of benzene rings is 1. The minimum absolute atomic E-state index is 0.0646. The Bertz CT molecular complexity index is 525. The van der Waals surface area contributed by atoms with E-state index in [4.69, 9.17) is 4.74 Å². The van der Waals surface area contributed by atoms with Crippen LogP contribution in [0.2, 0.25) is 0 Å². The monoisotopic (exact) mass is 320 g/mol. The van der Waals surface area contributed by atoms with Crippen LogP contribution in [0, 0.1) is 11.8 Å². The lowest BCUT2D eigenvalue weighted by molar-refractivity contribution is 0.0170. The summed E-state index contributed by atoms with van der Waals surface area (Å²) in [6, 6.07) is 7.31. The highest BCUT2D eigenvalue weighted by atomic mass is 16.5. The average Bonchev–Trinajstić information content (AvgIpc) is 3.30. The predicted molar refractivity (Wildman–Crippen MR) is 91.3 cm³/mol. The first-order chi connectivity index (χ1) is 10.9. The number of urea groups is 1. The van der Waals surface area contributed by atoms with Crippen molar-refractivity contribution in [1.82, 2.24) is 5.32 Å². The average molecular weight is 320 g/mol. The number of hydrogen-bond donors (Lipinski definition) is 3. The molecule has 5 heteroatoms. The number of carbonyl (C=O) groups excluding carboxylic acids is 1. The van der Waals surface area contributed by atoms with E-state index in [1.165, 1.54) is 12.8 Å². The van der Waals surface area contributed by atoms with E-state index in [-0.39, 0.29) is 18.5 Å². The summed E-state index contributed by atoms with van der Waals surface area (Å²) in [5.74, 6) is 0.811. The minimum Gasteiger partial charge on any atom is -0.388 e. The van der Waals surface area contributed by atoms with Crippen LogP contribution in [0.5, 0.6) is 0 Å². The molecule has 0 saturated heterocycles. The number of carbonyl (C=O) groups is 1. The molecule has 23 heavy (non-hydrogen) atoms. The van der Waals surface area contributed by atoms with Crippen LogP contribution >= 0.6 is 0 Å². The molecule has 0 aromatic heterocycles. The van der Waals surface area contributed by atoms with Gasteiger partial charge in [0.2, 0.25) is 0 Å². The Balaban J connectivity index is 1.78. The van der Waals surface area contributed by atoms with E-state index in [9.17, 15) is 9.90 Å². The molecular formula is C18H28N2O3. The molecule has 3 N–H and O–H groups in total. The molecule has 0 heterocycles. The van der Waals surface area contributed by atoms with Gasteiger partial charge in [-0.25, -0.2) is 4.79 Å². The summed E-state index contributed by atoms with van der Waals surface area (Å²) in [5, 5.41) is 15.6. The maximum atomic E-state index is 11.9. The highest BCUT2D eigenvalue weighted by Crippen LogP contribution is 2.29. The second kappa shape index (κ2) is 7.79. The molecule has 1 aromatic carbocycles. The largest absolute Gasteiger partial charge is 0.388 e. The zero-order valence-electron chi connectivity index (χ0n) is 14.3. The molecule has 1 fully saturated rings. The van der Waals surface area contributed by atoms with E-state index < -0.39 is 5.60 Å². The fraction of sp³-hybridized carbons (Fsp3) is 0.611. The van der Waals surface area contributed by atoms with E-state index >= 15 is 0 Å². The van der Waals surface area contributed by atoms with Gasteiger partial charge in [0.05, 0.1) is 12.2 Å². The van der Waals surface area contributed by atoms with E-state index in [2.05, 4.69) is 10.6 Å². The molecule has 1 aliphatic rings. The van der Waals surface area contributed by atoms with Gasteiger partial charge in [0.1, 0.15) is 0 Å². The number of anilines is 1. The van der Waals surface area contributed by atoms with Crippen LogP contribution in [-0.4, -0.2) is 29.9 Å². The van der Waals surface area contributed by atoms with Crippen LogP contribution in [0.3, 0.4) is 0 Å². The molecule has 0 spiro atoms. The maximum Gasteiger partial charge on any atom is 0.319 e. The van der Waals surface area contributed by atoms with Crippen molar-refractivity contribution in [2.45, 2.75) is 45.8 Å². The SMILES string of the molecule is CC(C)C(C)(O)CNC(=O)Nc1cccc(COCC2CC2)c1. The van der Waals surface area contributed by atoms with Crippen molar-refractivity contribution in [3.05, 3.63) is 29.8 Å². The number of amides is 2. The van der Waals surface area contributed by atoms with Gasteiger partial charge in [0, 0.05) is 18.8 Å². The van der Waals surface area contributed by atoms with Gasteiger partial charge >= 0.3 is 6.03 Å². The van der Waals surface area contributed by atoms with E-state index in [1.807, 2.05) is 38.1 Å². The van der Waals surface area contributed by atoms with Crippen LogP contribution < -0.4 is 10.6 Å². The molecule has 1 aromatic rings. The van der Waals surface area contributed by atoms with Crippen LogP contribution in [0.25, 0.3) is 0 Å². The fourth-order valence-electron chi connectivity index (χ4n) is 2.01. The summed E-state index contributed by atoms with van der Waals surface area (Å²) in [5.41, 5.74) is 0.840. The highest BCUT2D eigenvalue weighted by molar-refractivity contribution is 5.89. The van der Waals surface area contributed by atoms with Crippen LogP contribution in [0.15, 0.2) is 24.3 Å². The first-order valence-corrected chi connectivity index (χ1v) is 8.31. The van der Waals surface area contributed by atoms with Crippen molar-refractivity contribution in [2.24, 2.45) is 11.8 Å². The molecule has 2 amide bonds. The quantitative estimate of drug-likeness (QED) is 0.689. The summed E-state index contributed by atoms with van der Waals surface area (Å²) in [7, 11) is 0. The molecule has 1 atom stereocenters.